The van der Waals surface area contributed by atoms with Gasteiger partial charge >= 0.3 is 5.97 Å². The maximum Gasteiger partial charge on any atom is 0.350 e. The number of primary amides is 1. The topological polar surface area (TPSA) is 117 Å². The number of esters is 1. The van der Waals surface area contributed by atoms with Crippen LogP contribution in [0.4, 0.5) is 10.7 Å². The van der Waals surface area contributed by atoms with Gasteiger partial charge in [0.15, 0.2) is 0 Å². The zero-order chi connectivity index (χ0) is 14.6. The molecule has 0 saturated heterocycles. The van der Waals surface area contributed by atoms with Gasteiger partial charge in [0.1, 0.15) is 9.88 Å². The molecule has 1 aromatic heterocycles. The smallest absolute Gasteiger partial charge is 0.350 e. The van der Waals surface area contributed by atoms with Crippen molar-refractivity contribution in [1.82, 2.24) is 0 Å². The van der Waals surface area contributed by atoms with Crippen molar-refractivity contribution in [2.45, 2.75) is 13.0 Å². The lowest BCUT2D eigenvalue weighted by Crippen LogP contribution is -2.22. The summed E-state index contributed by atoms with van der Waals surface area (Å²) in [6.07, 6.45) is 0. The lowest BCUT2D eigenvalue weighted by atomic mass is 10.2. The lowest BCUT2D eigenvalue weighted by molar-refractivity contribution is 0.0607. The third kappa shape index (κ3) is 3.36. The van der Waals surface area contributed by atoms with Gasteiger partial charge in [-0.2, -0.15) is 0 Å². The Hall–Kier alpha value is -1.80. The summed E-state index contributed by atoms with van der Waals surface area (Å²) < 4.78 is 9.59. The highest BCUT2D eigenvalue weighted by molar-refractivity contribution is 7.19. The highest BCUT2D eigenvalue weighted by atomic mass is 32.1. The number of methoxy groups -OCH3 is 2. The van der Waals surface area contributed by atoms with E-state index < -0.39 is 11.9 Å². The first-order valence-corrected chi connectivity index (χ1v) is 6.29. The number of carbonyl (C=O) groups is 2. The number of hydrogen-bond acceptors (Lipinski definition) is 7. The van der Waals surface area contributed by atoms with Gasteiger partial charge in [-0.15, -0.1) is 11.3 Å². The number of nitrogen functional groups attached to an aromatic ring is 1. The van der Waals surface area contributed by atoms with Crippen molar-refractivity contribution < 1.29 is 19.1 Å². The van der Waals surface area contributed by atoms with Crippen LogP contribution in [-0.4, -0.2) is 38.7 Å². The highest BCUT2D eigenvalue weighted by Crippen LogP contribution is 2.36. The molecule has 1 heterocycles. The average molecular weight is 287 g/mol. The number of nitrogens with one attached hydrogen (secondary N) is 1. The Bertz CT molecular complexity index is 487. The van der Waals surface area contributed by atoms with Gasteiger partial charge in [-0.05, 0) is 6.92 Å². The van der Waals surface area contributed by atoms with Crippen molar-refractivity contribution in [1.29, 1.82) is 0 Å². The summed E-state index contributed by atoms with van der Waals surface area (Å²) in [5.41, 5.74) is 11.2. The van der Waals surface area contributed by atoms with Gasteiger partial charge in [-0.25, -0.2) is 4.79 Å². The maximum absolute atomic E-state index is 11.5. The molecule has 0 saturated carbocycles. The molecular weight excluding hydrogens is 270 g/mol. The molecule has 1 amide bonds. The number of thiophene rings is 1. The van der Waals surface area contributed by atoms with Crippen LogP contribution in [-0.2, 0) is 9.47 Å². The quantitative estimate of drug-likeness (QED) is 0.662. The highest BCUT2D eigenvalue weighted by Gasteiger charge is 2.25. The summed E-state index contributed by atoms with van der Waals surface area (Å²) >= 11 is 1.03. The van der Waals surface area contributed by atoms with Crippen molar-refractivity contribution in [3.05, 3.63) is 10.4 Å². The van der Waals surface area contributed by atoms with Crippen LogP contribution in [0.3, 0.4) is 0 Å². The number of ether oxygens (including phenoxy) is 2. The first-order valence-electron chi connectivity index (χ1n) is 5.48. The van der Waals surface area contributed by atoms with Gasteiger partial charge in [0.2, 0.25) is 0 Å². The van der Waals surface area contributed by atoms with E-state index in [9.17, 15) is 9.59 Å². The summed E-state index contributed by atoms with van der Waals surface area (Å²) in [4.78, 5) is 23.1. The van der Waals surface area contributed by atoms with E-state index in [0.717, 1.165) is 11.3 Å². The van der Waals surface area contributed by atoms with Crippen molar-refractivity contribution in [2.75, 3.05) is 31.9 Å². The van der Waals surface area contributed by atoms with E-state index in [1.165, 1.54) is 7.11 Å². The van der Waals surface area contributed by atoms with Gasteiger partial charge in [0, 0.05) is 13.2 Å². The lowest BCUT2D eigenvalue weighted by Gasteiger charge is -2.13. The largest absolute Gasteiger partial charge is 0.465 e. The number of anilines is 2. The summed E-state index contributed by atoms with van der Waals surface area (Å²) in [5.74, 6) is -1.30. The van der Waals surface area contributed by atoms with Crippen molar-refractivity contribution in [3.63, 3.8) is 0 Å². The minimum Gasteiger partial charge on any atom is -0.465 e. The van der Waals surface area contributed by atoms with Gasteiger partial charge in [0.25, 0.3) is 5.91 Å². The van der Waals surface area contributed by atoms with Gasteiger partial charge < -0.3 is 26.3 Å². The molecule has 0 bridgehead atoms. The van der Waals surface area contributed by atoms with E-state index in [0.29, 0.717) is 11.6 Å². The normalized spacial score (nSPS) is 11.9. The van der Waals surface area contributed by atoms with Crippen LogP contribution in [0.15, 0.2) is 0 Å². The van der Waals surface area contributed by atoms with Gasteiger partial charge in [-0.1, -0.05) is 0 Å². The molecule has 7 nitrogen and oxygen atoms in total. The first-order chi connectivity index (χ1) is 8.92. The predicted molar refractivity (Wildman–Crippen MR) is 73.5 cm³/mol. The molecule has 8 heteroatoms. The third-order valence-electron chi connectivity index (χ3n) is 2.36. The molecule has 5 N–H and O–H groups in total. The van der Waals surface area contributed by atoms with Crippen LogP contribution in [0.25, 0.3) is 0 Å². The second-order valence-electron chi connectivity index (χ2n) is 3.91. The van der Waals surface area contributed by atoms with E-state index in [2.05, 4.69) is 10.1 Å². The van der Waals surface area contributed by atoms with Gasteiger partial charge in [0.05, 0.1) is 25.0 Å². The molecule has 0 aliphatic heterocycles. The summed E-state index contributed by atoms with van der Waals surface area (Å²) in [6, 6.07) is -0.0633. The Balaban J connectivity index is 3.15. The molecule has 1 aromatic rings. The molecule has 0 aromatic carbocycles. The monoisotopic (exact) mass is 287 g/mol. The SMILES string of the molecule is COCC(C)Nc1sc(C(=O)OC)c(N)c1C(N)=O. The summed E-state index contributed by atoms with van der Waals surface area (Å²) in [5, 5.41) is 3.48. The first kappa shape index (κ1) is 15.3. The van der Waals surface area contributed by atoms with Crippen LogP contribution in [0, 0.1) is 0 Å². The Labute approximate surface area is 114 Å². The molecule has 106 valence electrons. The molecule has 1 unspecified atom stereocenters. The van der Waals surface area contributed by atoms with E-state index in [1.807, 2.05) is 6.92 Å². The minimum atomic E-state index is -0.698. The number of nitrogens with two attached hydrogens (primary N) is 2. The minimum absolute atomic E-state index is 0.0384. The van der Waals surface area contributed by atoms with Gasteiger partial charge in [-0.3, -0.25) is 4.79 Å². The Morgan fingerprint density at radius 2 is 2.05 bits per heavy atom. The van der Waals surface area contributed by atoms with Crippen molar-refractivity contribution in [2.24, 2.45) is 5.73 Å². The number of hydrogen-bond donors (Lipinski definition) is 3. The Morgan fingerprint density at radius 1 is 1.42 bits per heavy atom. The molecule has 0 aliphatic carbocycles. The van der Waals surface area contributed by atoms with Crippen LogP contribution in [0.5, 0.6) is 0 Å². The van der Waals surface area contributed by atoms with Crippen molar-refractivity contribution in [3.8, 4) is 0 Å². The third-order valence-corrected chi connectivity index (χ3v) is 3.47. The molecule has 0 aliphatic rings. The molecule has 0 radical (unpaired) electrons. The Morgan fingerprint density at radius 3 is 2.53 bits per heavy atom. The Kier molecular flexibility index (Phi) is 5.13. The second kappa shape index (κ2) is 6.39. The maximum atomic E-state index is 11.5. The molecular formula is C11H17N3O4S. The van der Waals surface area contributed by atoms with E-state index in [4.69, 9.17) is 16.2 Å². The molecule has 1 rings (SSSR count). The molecule has 0 spiro atoms. The predicted octanol–water partition coefficient (Wildman–Crippen LogP) is 0.663. The van der Waals surface area contributed by atoms with Crippen molar-refractivity contribution >= 4 is 33.9 Å². The van der Waals surface area contributed by atoms with Crippen LogP contribution >= 0.6 is 11.3 Å². The van der Waals surface area contributed by atoms with E-state index >= 15 is 0 Å². The number of rotatable bonds is 6. The fourth-order valence-corrected chi connectivity index (χ4v) is 2.71. The summed E-state index contributed by atoms with van der Waals surface area (Å²) in [7, 11) is 2.81. The number of carbonyl (C=O) groups excluding carboxylic acids is 2. The van der Waals surface area contributed by atoms with Crippen LogP contribution in [0.2, 0.25) is 0 Å². The molecule has 1 atom stereocenters. The van der Waals surface area contributed by atoms with E-state index in [-0.39, 0.29) is 22.2 Å². The van der Waals surface area contributed by atoms with E-state index in [1.54, 1.807) is 7.11 Å². The second-order valence-corrected chi connectivity index (χ2v) is 4.93. The zero-order valence-electron chi connectivity index (χ0n) is 11.0. The average Bonchev–Trinajstić information content (AvgIpc) is 2.65. The fraction of sp³-hybridized carbons (Fsp3) is 0.455. The number of amides is 1. The zero-order valence-corrected chi connectivity index (χ0v) is 11.8. The van der Waals surface area contributed by atoms with Crippen LogP contribution in [0.1, 0.15) is 27.0 Å². The molecule has 0 fully saturated rings. The molecule has 19 heavy (non-hydrogen) atoms. The standard InChI is InChI=1S/C11H17N3O4S/c1-5(4-17-2)14-10-6(9(13)15)7(12)8(19-10)11(16)18-3/h5,14H,4,12H2,1-3H3,(H2,13,15). The fourth-order valence-electron chi connectivity index (χ4n) is 1.55. The summed E-state index contributed by atoms with van der Waals surface area (Å²) in [6.45, 7) is 2.30. The van der Waals surface area contributed by atoms with Crippen LogP contribution < -0.4 is 16.8 Å².